The molecule has 1 aromatic carbocycles. The fourth-order valence-electron chi connectivity index (χ4n) is 2.36. The Bertz CT molecular complexity index is 461. The second kappa shape index (κ2) is 8.59. The molecule has 0 aliphatic rings. The quantitative estimate of drug-likeness (QED) is 0.540. The van der Waals surface area contributed by atoms with Gasteiger partial charge in [-0.3, -0.25) is 10.1 Å². The third kappa shape index (κ3) is 4.99. The zero-order valence-electron chi connectivity index (χ0n) is 12.8. The third-order valence-electron chi connectivity index (χ3n) is 3.69. The van der Waals surface area contributed by atoms with Gasteiger partial charge in [0.1, 0.15) is 0 Å². The number of rotatable bonds is 9. The second-order valence-corrected chi connectivity index (χ2v) is 5.06. The number of aliphatic hydroxyl groups is 1. The molecule has 1 atom stereocenters. The van der Waals surface area contributed by atoms with E-state index < -0.39 is 11.0 Å². The van der Waals surface area contributed by atoms with Crippen LogP contribution in [0, 0.1) is 16.0 Å². The van der Waals surface area contributed by atoms with Crippen molar-refractivity contribution in [2.75, 3.05) is 19.0 Å². The maximum atomic E-state index is 10.8. The Morgan fingerprint density at radius 3 is 2.57 bits per heavy atom. The highest BCUT2D eigenvalue weighted by atomic mass is 16.6. The maximum absolute atomic E-state index is 10.8. The number of non-ortho nitro benzene ring substituents is 1. The summed E-state index contributed by atoms with van der Waals surface area (Å²) in [6.45, 7) is 4.81. The highest BCUT2D eigenvalue weighted by Gasteiger charge is 2.16. The highest BCUT2D eigenvalue weighted by Crippen LogP contribution is 2.23. The zero-order chi connectivity index (χ0) is 15.8. The van der Waals surface area contributed by atoms with Gasteiger partial charge in [-0.25, -0.2) is 0 Å². The molecule has 0 spiro atoms. The average Bonchev–Trinajstić information content (AvgIpc) is 2.47. The van der Waals surface area contributed by atoms with E-state index in [4.69, 9.17) is 4.74 Å². The van der Waals surface area contributed by atoms with Crippen molar-refractivity contribution in [2.24, 2.45) is 5.92 Å². The molecule has 0 amide bonds. The van der Waals surface area contributed by atoms with E-state index in [1.165, 1.54) is 12.1 Å². The van der Waals surface area contributed by atoms with E-state index in [-0.39, 0.29) is 18.2 Å². The molecule has 6 heteroatoms. The van der Waals surface area contributed by atoms with E-state index >= 15 is 0 Å². The zero-order valence-corrected chi connectivity index (χ0v) is 12.8. The van der Waals surface area contributed by atoms with Gasteiger partial charge in [-0.2, -0.15) is 0 Å². The molecule has 0 aliphatic heterocycles. The van der Waals surface area contributed by atoms with Crippen LogP contribution in [0.3, 0.4) is 0 Å². The van der Waals surface area contributed by atoms with Gasteiger partial charge >= 0.3 is 0 Å². The van der Waals surface area contributed by atoms with Gasteiger partial charge in [-0.15, -0.1) is 0 Å². The van der Waals surface area contributed by atoms with E-state index in [9.17, 15) is 15.2 Å². The van der Waals surface area contributed by atoms with Crippen molar-refractivity contribution >= 4 is 11.4 Å². The van der Waals surface area contributed by atoms with Gasteiger partial charge in [0.15, 0.2) is 0 Å². The number of anilines is 1. The Morgan fingerprint density at radius 2 is 2.05 bits per heavy atom. The molecule has 0 saturated carbocycles. The number of hydrogen-bond acceptors (Lipinski definition) is 5. The molecule has 118 valence electrons. The summed E-state index contributed by atoms with van der Waals surface area (Å²) in [5, 5.41) is 24.1. The molecule has 2 N–H and O–H groups in total. The van der Waals surface area contributed by atoms with Gasteiger partial charge in [0.25, 0.3) is 5.69 Å². The maximum Gasteiger partial charge on any atom is 0.269 e. The number of nitrogens with zero attached hydrogens (tertiary/aromatic N) is 1. The molecule has 0 radical (unpaired) electrons. The van der Waals surface area contributed by atoms with Gasteiger partial charge in [0.2, 0.25) is 0 Å². The Morgan fingerprint density at radius 1 is 1.38 bits per heavy atom. The van der Waals surface area contributed by atoms with Crippen molar-refractivity contribution in [1.29, 1.82) is 0 Å². The Hall–Kier alpha value is -1.66. The minimum atomic E-state index is -0.439. The molecule has 1 unspecified atom stereocenters. The van der Waals surface area contributed by atoms with Crippen molar-refractivity contribution in [1.82, 2.24) is 0 Å². The standard InChI is InChI=1S/C15H24N2O4/c1-4-11(5-2)15(18)9-16-14-7-6-13(17(19)20)8-12(14)10-21-3/h6-8,11,15-16,18H,4-5,9-10H2,1-3H3. The number of aliphatic hydroxyl groups excluding tert-OH is 1. The first-order valence-corrected chi connectivity index (χ1v) is 7.21. The Labute approximate surface area is 125 Å². The number of ether oxygens (including phenoxy) is 1. The van der Waals surface area contributed by atoms with Crippen LogP contribution in [0.1, 0.15) is 32.3 Å². The summed E-state index contributed by atoms with van der Waals surface area (Å²) in [6, 6.07) is 4.60. The Balaban J connectivity index is 2.80. The Kier molecular flexibility index (Phi) is 7.11. The van der Waals surface area contributed by atoms with Gasteiger partial charge in [-0.05, 0) is 12.0 Å². The van der Waals surface area contributed by atoms with Crippen LogP contribution in [0.5, 0.6) is 0 Å². The third-order valence-corrected chi connectivity index (χ3v) is 3.69. The summed E-state index contributed by atoms with van der Waals surface area (Å²) in [5.74, 6) is 0.251. The average molecular weight is 296 g/mol. The van der Waals surface area contributed by atoms with Gasteiger partial charge < -0.3 is 15.2 Å². The van der Waals surface area contributed by atoms with Crippen LogP contribution in [-0.2, 0) is 11.3 Å². The summed E-state index contributed by atoms with van der Waals surface area (Å²) in [6.07, 6.45) is 1.40. The topological polar surface area (TPSA) is 84.6 Å². The van der Waals surface area contributed by atoms with Gasteiger partial charge in [0, 0.05) is 37.0 Å². The lowest BCUT2D eigenvalue weighted by atomic mass is 9.96. The van der Waals surface area contributed by atoms with Crippen LogP contribution in [0.2, 0.25) is 0 Å². The number of methoxy groups -OCH3 is 1. The van der Waals surface area contributed by atoms with E-state index in [2.05, 4.69) is 19.2 Å². The predicted molar refractivity (Wildman–Crippen MR) is 82.4 cm³/mol. The molecular formula is C15H24N2O4. The second-order valence-electron chi connectivity index (χ2n) is 5.06. The fourth-order valence-corrected chi connectivity index (χ4v) is 2.36. The first-order chi connectivity index (χ1) is 10.0. The minimum absolute atomic E-state index is 0.0353. The normalized spacial score (nSPS) is 12.4. The minimum Gasteiger partial charge on any atom is -0.391 e. The predicted octanol–water partition coefficient (Wildman–Crippen LogP) is 2.95. The lowest BCUT2D eigenvalue weighted by Gasteiger charge is -2.21. The van der Waals surface area contributed by atoms with E-state index in [1.807, 2.05) is 0 Å². The number of benzene rings is 1. The van der Waals surface area contributed by atoms with Crippen molar-refractivity contribution in [3.8, 4) is 0 Å². The molecule has 0 bridgehead atoms. The summed E-state index contributed by atoms with van der Waals surface area (Å²) in [7, 11) is 1.54. The van der Waals surface area contributed by atoms with Crippen molar-refractivity contribution < 1.29 is 14.8 Å². The first-order valence-electron chi connectivity index (χ1n) is 7.21. The monoisotopic (exact) mass is 296 g/mol. The van der Waals surface area contributed by atoms with E-state index in [1.54, 1.807) is 13.2 Å². The first kappa shape index (κ1) is 17.4. The van der Waals surface area contributed by atoms with Crippen molar-refractivity contribution in [2.45, 2.75) is 39.4 Å². The van der Waals surface area contributed by atoms with Crippen LogP contribution in [0.15, 0.2) is 18.2 Å². The van der Waals surface area contributed by atoms with Crippen LogP contribution in [0.4, 0.5) is 11.4 Å². The van der Waals surface area contributed by atoms with Crippen LogP contribution in [0.25, 0.3) is 0 Å². The van der Waals surface area contributed by atoms with Crippen LogP contribution < -0.4 is 5.32 Å². The lowest BCUT2D eigenvalue weighted by molar-refractivity contribution is -0.384. The van der Waals surface area contributed by atoms with E-state index in [0.29, 0.717) is 12.1 Å². The lowest BCUT2D eigenvalue weighted by Crippen LogP contribution is -2.28. The molecule has 1 aromatic rings. The molecule has 0 heterocycles. The molecule has 0 aliphatic carbocycles. The summed E-state index contributed by atoms with van der Waals surface area (Å²) in [5.41, 5.74) is 1.50. The molecule has 21 heavy (non-hydrogen) atoms. The molecule has 0 fully saturated rings. The number of hydrogen-bond donors (Lipinski definition) is 2. The number of nitro benzene ring substituents is 1. The van der Waals surface area contributed by atoms with Crippen LogP contribution >= 0.6 is 0 Å². The van der Waals surface area contributed by atoms with Crippen molar-refractivity contribution in [3.05, 3.63) is 33.9 Å². The smallest absolute Gasteiger partial charge is 0.269 e. The molecular weight excluding hydrogens is 272 g/mol. The largest absolute Gasteiger partial charge is 0.391 e. The van der Waals surface area contributed by atoms with Crippen molar-refractivity contribution in [3.63, 3.8) is 0 Å². The SMILES string of the molecule is CCC(CC)C(O)CNc1ccc([N+](=O)[O-])cc1COC. The molecule has 0 saturated heterocycles. The summed E-state index contributed by atoms with van der Waals surface area (Å²) < 4.78 is 5.07. The fraction of sp³-hybridized carbons (Fsp3) is 0.600. The van der Waals surface area contributed by atoms with Gasteiger partial charge in [-0.1, -0.05) is 26.7 Å². The number of nitrogens with one attached hydrogen (secondary N) is 1. The molecule has 1 rings (SSSR count). The van der Waals surface area contributed by atoms with Crippen LogP contribution in [-0.4, -0.2) is 29.8 Å². The highest BCUT2D eigenvalue weighted by molar-refractivity contribution is 5.55. The molecule has 0 aromatic heterocycles. The van der Waals surface area contributed by atoms with Gasteiger partial charge in [0.05, 0.1) is 17.6 Å². The summed E-state index contributed by atoms with van der Waals surface area (Å²) >= 11 is 0. The molecule has 6 nitrogen and oxygen atoms in total. The summed E-state index contributed by atoms with van der Waals surface area (Å²) in [4.78, 5) is 10.4. The number of nitro groups is 1. The van der Waals surface area contributed by atoms with E-state index in [0.717, 1.165) is 18.5 Å².